The fourth-order valence-electron chi connectivity index (χ4n) is 1.69. The lowest BCUT2D eigenvalue weighted by molar-refractivity contribution is -0.140. The Morgan fingerprint density at radius 1 is 1.31 bits per heavy atom. The van der Waals surface area contributed by atoms with E-state index in [4.69, 9.17) is 25.8 Å². The molecule has 0 aliphatic carbocycles. The standard InChI is InChI=1S/C11H21ClO4/c12-4-6-14-7-8-16-11(13)9-10-3-1-2-5-15-10/h10-11,13H,1-9H2. The van der Waals surface area contributed by atoms with Crippen molar-refractivity contribution in [1.82, 2.24) is 0 Å². The minimum atomic E-state index is -0.747. The molecular formula is C11H21ClO4. The summed E-state index contributed by atoms with van der Waals surface area (Å²) in [6.45, 7) is 2.18. The van der Waals surface area contributed by atoms with E-state index in [1.807, 2.05) is 0 Å². The van der Waals surface area contributed by atoms with Crippen LogP contribution in [0.3, 0.4) is 0 Å². The second-order valence-electron chi connectivity index (χ2n) is 3.85. The molecule has 2 unspecified atom stereocenters. The monoisotopic (exact) mass is 252 g/mol. The van der Waals surface area contributed by atoms with E-state index in [2.05, 4.69) is 0 Å². The van der Waals surface area contributed by atoms with Crippen molar-refractivity contribution >= 4 is 11.6 Å². The zero-order valence-electron chi connectivity index (χ0n) is 9.57. The van der Waals surface area contributed by atoms with Crippen molar-refractivity contribution in [3.8, 4) is 0 Å². The van der Waals surface area contributed by atoms with Crippen molar-refractivity contribution in [1.29, 1.82) is 0 Å². The van der Waals surface area contributed by atoms with Gasteiger partial charge in [-0.25, -0.2) is 0 Å². The Morgan fingerprint density at radius 2 is 2.19 bits per heavy atom. The van der Waals surface area contributed by atoms with Gasteiger partial charge >= 0.3 is 0 Å². The van der Waals surface area contributed by atoms with Crippen LogP contribution in [0.2, 0.25) is 0 Å². The van der Waals surface area contributed by atoms with Crippen LogP contribution in [0.4, 0.5) is 0 Å². The smallest absolute Gasteiger partial charge is 0.157 e. The lowest BCUT2D eigenvalue weighted by Crippen LogP contribution is -2.27. The molecule has 1 rings (SSSR count). The normalized spacial score (nSPS) is 23.2. The highest BCUT2D eigenvalue weighted by molar-refractivity contribution is 6.17. The average molecular weight is 253 g/mol. The number of rotatable bonds is 8. The third-order valence-corrected chi connectivity index (χ3v) is 2.65. The number of hydrogen-bond acceptors (Lipinski definition) is 4. The van der Waals surface area contributed by atoms with Gasteiger partial charge < -0.3 is 19.3 Å². The van der Waals surface area contributed by atoms with Crippen molar-refractivity contribution in [3.63, 3.8) is 0 Å². The van der Waals surface area contributed by atoms with Gasteiger partial charge in [0.2, 0.25) is 0 Å². The van der Waals surface area contributed by atoms with Crippen LogP contribution in [0.5, 0.6) is 0 Å². The first-order chi connectivity index (χ1) is 7.83. The van der Waals surface area contributed by atoms with Crippen LogP contribution >= 0.6 is 11.6 Å². The number of alkyl halides is 1. The summed E-state index contributed by atoms with van der Waals surface area (Å²) in [5.74, 6) is 0.485. The quantitative estimate of drug-likeness (QED) is 0.404. The van der Waals surface area contributed by atoms with Crippen molar-refractivity contribution < 1.29 is 19.3 Å². The Kier molecular flexibility index (Phi) is 8.15. The summed E-state index contributed by atoms with van der Waals surface area (Å²) >= 11 is 5.44. The molecule has 0 radical (unpaired) electrons. The number of hydrogen-bond donors (Lipinski definition) is 1. The average Bonchev–Trinajstić information content (AvgIpc) is 2.30. The lowest BCUT2D eigenvalue weighted by atomic mass is 10.1. The van der Waals surface area contributed by atoms with Crippen LogP contribution in [0.1, 0.15) is 25.7 Å². The SMILES string of the molecule is OC(CC1CCCCO1)OCCOCCCl. The maximum absolute atomic E-state index is 9.57. The van der Waals surface area contributed by atoms with Gasteiger partial charge in [0, 0.05) is 18.9 Å². The minimum Gasteiger partial charge on any atom is -0.378 e. The Labute approximate surface area is 102 Å². The molecule has 96 valence electrons. The second kappa shape index (κ2) is 9.19. The molecule has 0 saturated carbocycles. The van der Waals surface area contributed by atoms with E-state index >= 15 is 0 Å². The fraction of sp³-hybridized carbons (Fsp3) is 1.00. The Balaban J connectivity index is 1.95. The summed E-state index contributed by atoms with van der Waals surface area (Å²) in [5.41, 5.74) is 0. The predicted octanol–water partition coefficient (Wildman–Crippen LogP) is 1.54. The highest BCUT2D eigenvalue weighted by Gasteiger charge is 2.18. The molecular weight excluding hydrogens is 232 g/mol. The number of aliphatic hydroxyl groups excluding tert-OH is 1. The van der Waals surface area contributed by atoms with Gasteiger partial charge in [0.15, 0.2) is 6.29 Å². The van der Waals surface area contributed by atoms with Gasteiger partial charge in [0.25, 0.3) is 0 Å². The van der Waals surface area contributed by atoms with E-state index in [0.717, 1.165) is 19.4 Å². The Morgan fingerprint density at radius 3 is 2.88 bits per heavy atom. The lowest BCUT2D eigenvalue weighted by Gasteiger charge is -2.24. The molecule has 0 aromatic heterocycles. The minimum absolute atomic E-state index is 0.146. The van der Waals surface area contributed by atoms with Gasteiger partial charge in [-0.05, 0) is 19.3 Å². The van der Waals surface area contributed by atoms with Gasteiger partial charge in [-0.15, -0.1) is 11.6 Å². The summed E-state index contributed by atoms with van der Waals surface area (Å²) in [6.07, 6.45) is 3.27. The molecule has 1 N–H and O–H groups in total. The molecule has 0 bridgehead atoms. The number of ether oxygens (including phenoxy) is 3. The number of halogens is 1. The first kappa shape index (κ1) is 14.2. The van der Waals surface area contributed by atoms with Crippen molar-refractivity contribution in [3.05, 3.63) is 0 Å². The van der Waals surface area contributed by atoms with E-state index in [9.17, 15) is 5.11 Å². The van der Waals surface area contributed by atoms with Gasteiger partial charge in [-0.2, -0.15) is 0 Å². The van der Waals surface area contributed by atoms with Crippen LogP contribution in [-0.2, 0) is 14.2 Å². The highest BCUT2D eigenvalue weighted by atomic mass is 35.5. The van der Waals surface area contributed by atoms with Crippen molar-refractivity contribution in [2.24, 2.45) is 0 Å². The summed E-state index contributed by atoms with van der Waals surface area (Å²) in [4.78, 5) is 0. The van der Waals surface area contributed by atoms with Gasteiger partial charge in [-0.3, -0.25) is 0 Å². The van der Waals surface area contributed by atoms with Crippen LogP contribution in [-0.4, -0.2) is 49.8 Å². The largest absolute Gasteiger partial charge is 0.378 e. The summed E-state index contributed by atoms with van der Waals surface area (Å²) in [7, 11) is 0. The highest BCUT2D eigenvalue weighted by Crippen LogP contribution is 2.17. The maximum atomic E-state index is 9.57. The molecule has 0 amide bonds. The Bertz CT molecular complexity index is 162. The van der Waals surface area contributed by atoms with E-state index in [0.29, 0.717) is 32.1 Å². The van der Waals surface area contributed by atoms with Gasteiger partial charge in [-0.1, -0.05) is 0 Å². The molecule has 0 spiro atoms. The molecule has 1 fully saturated rings. The fourth-order valence-corrected chi connectivity index (χ4v) is 1.80. The van der Waals surface area contributed by atoms with Gasteiger partial charge in [0.1, 0.15) is 0 Å². The predicted molar refractivity (Wildman–Crippen MR) is 61.7 cm³/mol. The Hall–Kier alpha value is 0.130. The number of aliphatic hydroxyl groups is 1. The molecule has 0 aromatic rings. The molecule has 4 nitrogen and oxygen atoms in total. The van der Waals surface area contributed by atoms with Crippen LogP contribution < -0.4 is 0 Å². The summed E-state index contributed by atoms with van der Waals surface area (Å²) in [6, 6.07) is 0. The van der Waals surface area contributed by atoms with Gasteiger partial charge in [0.05, 0.1) is 25.9 Å². The zero-order chi connectivity index (χ0) is 11.6. The molecule has 1 aliphatic rings. The van der Waals surface area contributed by atoms with E-state index in [1.165, 1.54) is 6.42 Å². The molecule has 2 atom stereocenters. The van der Waals surface area contributed by atoms with E-state index in [1.54, 1.807) is 0 Å². The third kappa shape index (κ3) is 6.66. The van der Waals surface area contributed by atoms with Crippen LogP contribution in [0, 0.1) is 0 Å². The van der Waals surface area contributed by atoms with Crippen molar-refractivity contribution in [2.45, 2.75) is 38.1 Å². The summed E-state index contributed by atoms with van der Waals surface area (Å²) < 4.78 is 15.8. The zero-order valence-corrected chi connectivity index (χ0v) is 10.3. The summed E-state index contributed by atoms with van der Waals surface area (Å²) in [5, 5.41) is 9.57. The molecule has 1 saturated heterocycles. The third-order valence-electron chi connectivity index (χ3n) is 2.50. The van der Waals surface area contributed by atoms with Crippen LogP contribution in [0.15, 0.2) is 0 Å². The molecule has 1 heterocycles. The van der Waals surface area contributed by atoms with Crippen molar-refractivity contribution in [2.75, 3.05) is 32.3 Å². The second-order valence-corrected chi connectivity index (χ2v) is 4.23. The molecule has 5 heteroatoms. The van der Waals surface area contributed by atoms with E-state index < -0.39 is 6.29 Å². The molecule has 16 heavy (non-hydrogen) atoms. The first-order valence-electron chi connectivity index (χ1n) is 5.88. The maximum Gasteiger partial charge on any atom is 0.157 e. The topological polar surface area (TPSA) is 47.9 Å². The van der Waals surface area contributed by atoms with Crippen LogP contribution in [0.25, 0.3) is 0 Å². The molecule has 1 aliphatic heterocycles. The first-order valence-corrected chi connectivity index (χ1v) is 6.41. The van der Waals surface area contributed by atoms with E-state index in [-0.39, 0.29) is 6.10 Å². The molecule has 0 aromatic carbocycles.